The largest absolute Gasteiger partial charge is 0.440 e. The van der Waals surface area contributed by atoms with Crippen LogP contribution in [0.15, 0.2) is 27.6 Å². The lowest BCUT2D eigenvalue weighted by Crippen LogP contribution is -1.84. The molecule has 76 valence electrons. The number of oxazole rings is 1. The van der Waals surface area contributed by atoms with Crippen molar-refractivity contribution >= 4 is 34.2 Å². The van der Waals surface area contributed by atoms with E-state index >= 15 is 0 Å². The summed E-state index contributed by atoms with van der Waals surface area (Å²) in [5, 5.41) is 2.32. The summed E-state index contributed by atoms with van der Waals surface area (Å²) in [5.41, 5.74) is 2.33. The Kier molecular flexibility index (Phi) is 2.62. The van der Waals surface area contributed by atoms with Crippen molar-refractivity contribution in [1.82, 2.24) is 4.98 Å². The maximum Gasteiger partial charge on any atom is 0.198 e. The van der Waals surface area contributed by atoms with Crippen molar-refractivity contribution in [3.05, 3.63) is 24.1 Å². The molecule has 0 fully saturated rings. The Morgan fingerprint density at radius 3 is 2.93 bits per heavy atom. The molecule has 0 aliphatic carbocycles. The molecule has 0 saturated heterocycles. The minimum atomic E-state index is 0.287. The summed E-state index contributed by atoms with van der Waals surface area (Å²) in [6.07, 6.45) is 0. The number of rotatable bonds is 2. The highest BCUT2D eigenvalue weighted by Crippen LogP contribution is 2.24. The van der Waals surface area contributed by atoms with Gasteiger partial charge in [0.1, 0.15) is 5.52 Å². The van der Waals surface area contributed by atoms with Gasteiger partial charge in [-0.15, -0.1) is 0 Å². The van der Waals surface area contributed by atoms with E-state index in [-0.39, 0.29) is 5.92 Å². The SMILES string of the molecule is CC(C)c1nc2ccc(N=C=S)cc2o1. The van der Waals surface area contributed by atoms with Crippen LogP contribution in [0.4, 0.5) is 5.69 Å². The first-order valence-electron chi connectivity index (χ1n) is 4.69. The number of nitrogens with zero attached hydrogens (tertiary/aromatic N) is 2. The third-order valence-corrected chi connectivity index (χ3v) is 2.15. The number of thiocarbonyl (C=S) groups is 1. The summed E-state index contributed by atoms with van der Waals surface area (Å²) in [5.74, 6) is 1.03. The van der Waals surface area contributed by atoms with Gasteiger partial charge in [-0.05, 0) is 24.4 Å². The predicted octanol–water partition coefficient (Wildman–Crippen LogP) is 3.69. The minimum Gasteiger partial charge on any atom is -0.440 e. The van der Waals surface area contributed by atoms with Crippen LogP contribution in [0, 0.1) is 0 Å². The number of hydrogen-bond donors (Lipinski definition) is 0. The maximum atomic E-state index is 5.58. The van der Waals surface area contributed by atoms with Gasteiger partial charge in [0.25, 0.3) is 0 Å². The zero-order chi connectivity index (χ0) is 10.8. The van der Waals surface area contributed by atoms with Gasteiger partial charge in [0.2, 0.25) is 0 Å². The van der Waals surface area contributed by atoms with Crippen LogP contribution in [0.25, 0.3) is 11.1 Å². The summed E-state index contributed by atoms with van der Waals surface area (Å²) in [6.45, 7) is 4.08. The van der Waals surface area contributed by atoms with Gasteiger partial charge in [-0.2, -0.15) is 4.99 Å². The van der Waals surface area contributed by atoms with Crippen LogP contribution in [0.5, 0.6) is 0 Å². The molecule has 0 bridgehead atoms. The molecule has 2 rings (SSSR count). The van der Waals surface area contributed by atoms with E-state index in [4.69, 9.17) is 4.42 Å². The Bertz CT molecular complexity index is 539. The molecule has 1 aromatic carbocycles. The quantitative estimate of drug-likeness (QED) is 0.570. The van der Waals surface area contributed by atoms with E-state index < -0.39 is 0 Å². The molecular weight excluding hydrogens is 208 g/mol. The number of isothiocyanates is 1. The van der Waals surface area contributed by atoms with Crippen LogP contribution in [0.3, 0.4) is 0 Å². The lowest BCUT2D eigenvalue weighted by atomic mass is 10.2. The first-order chi connectivity index (χ1) is 7.20. The molecule has 0 spiro atoms. The molecule has 0 unspecified atom stereocenters. The van der Waals surface area contributed by atoms with Gasteiger partial charge in [-0.1, -0.05) is 13.8 Å². The van der Waals surface area contributed by atoms with Gasteiger partial charge in [-0.3, -0.25) is 0 Å². The first-order valence-corrected chi connectivity index (χ1v) is 5.10. The third-order valence-electron chi connectivity index (χ3n) is 2.06. The van der Waals surface area contributed by atoms with Crippen LogP contribution in [-0.2, 0) is 0 Å². The highest BCUT2D eigenvalue weighted by atomic mass is 32.1. The number of fused-ring (bicyclic) bond motifs is 1. The molecule has 0 radical (unpaired) electrons. The van der Waals surface area contributed by atoms with E-state index in [0.717, 1.165) is 22.7 Å². The standard InChI is InChI=1S/C11H10N2OS/c1-7(2)11-13-9-4-3-8(12-6-15)5-10(9)14-11/h3-5,7H,1-2H3. The number of hydrogen-bond acceptors (Lipinski definition) is 4. The lowest BCUT2D eigenvalue weighted by molar-refractivity contribution is 0.501. The van der Waals surface area contributed by atoms with Crippen molar-refractivity contribution in [3.8, 4) is 0 Å². The summed E-state index contributed by atoms with van der Waals surface area (Å²) in [7, 11) is 0. The van der Waals surface area contributed by atoms with Gasteiger partial charge >= 0.3 is 0 Å². The van der Waals surface area contributed by atoms with Crippen LogP contribution < -0.4 is 0 Å². The van der Waals surface area contributed by atoms with Gasteiger partial charge in [-0.25, -0.2) is 4.98 Å². The zero-order valence-corrected chi connectivity index (χ0v) is 9.34. The van der Waals surface area contributed by atoms with Crippen molar-refractivity contribution in [2.24, 2.45) is 4.99 Å². The van der Waals surface area contributed by atoms with Crippen molar-refractivity contribution in [3.63, 3.8) is 0 Å². The topological polar surface area (TPSA) is 38.4 Å². The van der Waals surface area contributed by atoms with Crippen molar-refractivity contribution < 1.29 is 4.42 Å². The summed E-state index contributed by atoms with van der Waals surface area (Å²) in [4.78, 5) is 8.25. The van der Waals surface area contributed by atoms with E-state index in [0.29, 0.717) is 0 Å². The van der Waals surface area contributed by atoms with Crippen LogP contribution in [0.1, 0.15) is 25.7 Å². The Labute approximate surface area is 92.8 Å². The Balaban J connectivity index is 2.56. The summed E-state index contributed by atoms with van der Waals surface area (Å²) >= 11 is 4.54. The minimum absolute atomic E-state index is 0.287. The first kappa shape index (κ1) is 10.0. The highest BCUT2D eigenvalue weighted by molar-refractivity contribution is 7.78. The molecular formula is C11H10N2OS. The second kappa shape index (κ2) is 3.93. The van der Waals surface area contributed by atoms with E-state index in [1.165, 1.54) is 0 Å². The second-order valence-corrected chi connectivity index (χ2v) is 3.74. The van der Waals surface area contributed by atoms with Gasteiger partial charge < -0.3 is 4.42 Å². The molecule has 1 heterocycles. The van der Waals surface area contributed by atoms with Gasteiger partial charge in [0.15, 0.2) is 11.5 Å². The van der Waals surface area contributed by atoms with Gasteiger partial charge in [0.05, 0.1) is 10.8 Å². The molecule has 0 amide bonds. The van der Waals surface area contributed by atoms with Crippen LogP contribution in [-0.4, -0.2) is 10.1 Å². The molecule has 1 aromatic heterocycles. The van der Waals surface area contributed by atoms with E-state index in [1.54, 1.807) is 0 Å². The summed E-state index contributed by atoms with van der Waals surface area (Å²) in [6, 6.07) is 5.53. The highest BCUT2D eigenvalue weighted by Gasteiger charge is 2.09. The molecule has 15 heavy (non-hydrogen) atoms. The molecule has 0 aliphatic rings. The molecule has 0 atom stereocenters. The van der Waals surface area contributed by atoms with Crippen LogP contribution >= 0.6 is 12.2 Å². The molecule has 0 aliphatic heterocycles. The average Bonchev–Trinajstić information content (AvgIpc) is 2.61. The van der Waals surface area contributed by atoms with E-state index in [1.807, 2.05) is 32.0 Å². The number of benzene rings is 1. The fourth-order valence-electron chi connectivity index (χ4n) is 1.30. The monoisotopic (exact) mass is 218 g/mol. The molecule has 2 aromatic rings. The van der Waals surface area contributed by atoms with Crippen LogP contribution in [0.2, 0.25) is 0 Å². The van der Waals surface area contributed by atoms with Crippen molar-refractivity contribution in [1.29, 1.82) is 0 Å². The lowest BCUT2D eigenvalue weighted by Gasteiger charge is -1.93. The summed E-state index contributed by atoms with van der Waals surface area (Å²) < 4.78 is 5.58. The average molecular weight is 218 g/mol. The molecule has 3 nitrogen and oxygen atoms in total. The second-order valence-electron chi connectivity index (χ2n) is 3.56. The fraction of sp³-hybridized carbons (Fsp3) is 0.273. The van der Waals surface area contributed by atoms with Gasteiger partial charge in [0, 0.05) is 12.0 Å². The Morgan fingerprint density at radius 1 is 1.47 bits per heavy atom. The van der Waals surface area contributed by atoms with Crippen molar-refractivity contribution in [2.45, 2.75) is 19.8 Å². The molecule has 0 saturated carbocycles. The smallest absolute Gasteiger partial charge is 0.198 e. The number of aromatic nitrogens is 1. The Hall–Kier alpha value is -1.51. The molecule has 4 heteroatoms. The van der Waals surface area contributed by atoms with E-state index in [2.05, 4.69) is 27.4 Å². The number of aliphatic imine (C=N–C) groups is 1. The fourth-order valence-corrected chi connectivity index (χ4v) is 1.41. The van der Waals surface area contributed by atoms with Crippen molar-refractivity contribution in [2.75, 3.05) is 0 Å². The third kappa shape index (κ3) is 1.96. The normalized spacial score (nSPS) is 10.6. The maximum absolute atomic E-state index is 5.58. The predicted molar refractivity (Wildman–Crippen MR) is 62.8 cm³/mol. The van der Waals surface area contributed by atoms with E-state index in [9.17, 15) is 0 Å². The zero-order valence-electron chi connectivity index (χ0n) is 8.52. The Morgan fingerprint density at radius 2 is 2.27 bits per heavy atom. The molecule has 0 N–H and O–H groups in total.